The number of benzene rings is 2. The Labute approximate surface area is 131 Å². The Bertz CT molecular complexity index is 807. The number of primary amides is 1. The van der Waals surface area contributed by atoms with E-state index in [1.165, 1.54) is 36.4 Å². The lowest BCUT2D eigenvalue weighted by molar-refractivity contribution is 0.100. The molecule has 2 aromatic rings. The van der Waals surface area contributed by atoms with Gasteiger partial charge in [0.05, 0.1) is 15.6 Å². The van der Waals surface area contributed by atoms with E-state index in [2.05, 4.69) is 4.72 Å². The Morgan fingerprint density at radius 2 is 1.81 bits per heavy atom. The largest absolute Gasteiger partial charge is 0.366 e. The van der Waals surface area contributed by atoms with Crippen LogP contribution in [-0.4, -0.2) is 14.3 Å². The average molecular weight is 345 g/mol. The lowest BCUT2D eigenvalue weighted by atomic mass is 10.2. The van der Waals surface area contributed by atoms with E-state index in [4.69, 9.17) is 28.9 Å². The molecule has 0 fully saturated rings. The van der Waals surface area contributed by atoms with Crippen molar-refractivity contribution in [2.45, 2.75) is 4.90 Å². The van der Waals surface area contributed by atoms with Crippen LogP contribution in [-0.2, 0) is 10.0 Å². The Kier molecular flexibility index (Phi) is 4.41. The van der Waals surface area contributed by atoms with Gasteiger partial charge in [0.2, 0.25) is 5.91 Å². The summed E-state index contributed by atoms with van der Waals surface area (Å²) < 4.78 is 26.8. The van der Waals surface area contributed by atoms with Gasteiger partial charge in [0.15, 0.2) is 0 Å². The number of carbonyl (C=O) groups excluding carboxylic acids is 1. The summed E-state index contributed by atoms with van der Waals surface area (Å²) in [6.07, 6.45) is 0. The summed E-state index contributed by atoms with van der Waals surface area (Å²) in [5.41, 5.74) is 5.36. The van der Waals surface area contributed by atoms with Gasteiger partial charge in [0.25, 0.3) is 10.0 Å². The number of nitrogens with one attached hydrogen (secondary N) is 1. The summed E-state index contributed by atoms with van der Waals surface area (Å²) in [6.45, 7) is 0. The fourth-order valence-electron chi connectivity index (χ4n) is 1.59. The Hall–Kier alpha value is -1.76. The highest BCUT2D eigenvalue weighted by Crippen LogP contribution is 2.26. The molecule has 0 saturated carbocycles. The van der Waals surface area contributed by atoms with Gasteiger partial charge in [-0.05, 0) is 36.4 Å². The number of rotatable bonds is 4. The third-order valence-electron chi connectivity index (χ3n) is 2.60. The summed E-state index contributed by atoms with van der Waals surface area (Å²) in [6, 6.07) is 9.82. The lowest BCUT2D eigenvalue weighted by Crippen LogP contribution is -2.15. The number of sulfonamides is 1. The first-order valence-electron chi connectivity index (χ1n) is 5.67. The van der Waals surface area contributed by atoms with Crippen LogP contribution in [0.2, 0.25) is 10.0 Å². The Morgan fingerprint density at radius 3 is 2.43 bits per heavy atom. The zero-order valence-electron chi connectivity index (χ0n) is 10.5. The maximum Gasteiger partial charge on any atom is 0.261 e. The van der Waals surface area contributed by atoms with Gasteiger partial charge in [-0.1, -0.05) is 29.3 Å². The summed E-state index contributed by atoms with van der Waals surface area (Å²) in [4.78, 5) is 11.1. The van der Waals surface area contributed by atoms with E-state index >= 15 is 0 Å². The summed E-state index contributed by atoms with van der Waals surface area (Å²) in [7, 11) is -3.87. The monoisotopic (exact) mass is 344 g/mol. The number of nitrogens with two attached hydrogens (primary N) is 1. The van der Waals surface area contributed by atoms with E-state index in [1.807, 2.05) is 0 Å². The number of amides is 1. The smallest absolute Gasteiger partial charge is 0.261 e. The standard InChI is InChI=1S/C13H10Cl2N2O3S/c14-9-2-1-3-10(7-9)21(19,20)17-12-6-8(13(16)18)4-5-11(12)15/h1-7,17H,(H2,16,18). The molecule has 21 heavy (non-hydrogen) atoms. The molecule has 0 spiro atoms. The predicted octanol–water partition coefficient (Wildman–Crippen LogP) is 2.89. The fraction of sp³-hybridized carbons (Fsp3) is 0. The molecule has 0 atom stereocenters. The maximum atomic E-state index is 12.2. The van der Waals surface area contributed by atoms with Gasteiger partial charge in [0.1, 0.15) is 0 Å². The number of anilines is 1. The fourth-order valence-corrected chi connectivity index (χ4v) is 3.19. The SMILES string of the molecule is NC(=O)c1ccc(Cl)c(NS(=O)(=O)c2cccc(Cl)c2)c1. The Balaban J connectivity index is 2.41. The number of hydrogen-bond acceptors (Lipinski definition) is 3. The highest BCUT2D eigenvalue weighted by Gasteiger charge is 2.17. The Morgan fingerprint density at radius 1 is 1.10 bits per heavy atom. The highest BCUT2D eigenvalue weighted by molar-refractivity contribution is 7.92. The second-order valence-corrected chi connectivity index (χ2v) is 6.65. The molecular weight excluding hydrogens is 335 g/mol. The molecule has 110 valence electrons. The summed E-state index contributed by atoms with van der Waals surface area (Å²) >= 11 is 11.7. The molecule has 0 bridgehead atoms. The van der Waals surface area contributed by atoms with Crippen molar-refractivity contribution in [3.05, 3.63) is 58.1 Å². The van der Waals surface area contributed by atoms with Crippen molar-refractivity contribution < 1.29 is 13.2 Å². The van der Waals surface area contributed by atoms with Gasteiger partial charge < -0.3 is 5.73 Å². The first kappa shape index (κ1) is 15.6. The van der Waals surface area contributed by atoms with Crippen molar-refractivity contribution in [1.29, 1.82) is 0 Å². The van der Waals surface area contributed by atoms with E-state index < -0.39 is 15.9 Å². The summed E-state index contributed by atoms with van der Waals surface area (Å²) in [5.74, 6) is -0.685. The minimum absolute atomic E-state index is 0.0180. The van der Waals surface area contributed by atoms with E-state index in [0.717, 1.165) is 0 Å². The van der Waals surface area contributed by atoms with E-state index in [-0.39, 0.29) is 26.2 Å². The topological polar surface area (TPSA) is 89.3 Å². The minimum atomic E-state index is -3.87. The quantitative estimate of drug-likeness (QED) is 0.893. The van der Waals surface area contributed by atoms with Gasteiger partial charge in [-0.3, -0.25) is 9.52 Å². The molecule has 0 saturated heterocycles. The molecule has 0 heterocycles. The molecule has 3 N–H and O–H groups in total. The molecule has 0 aliphatic carbocycles. The van der Waals surface area contributed by atoms with Crippen molar-refractivity contribution in [2.24, 2.45) is 5.73 Å². The molecular formula is C13H10Cl2N2O3S. The van der Waals surface area contributed by atoms with Crippen LogP contribution >= 0.6 is 23.2 Å². The maximum absolute atomic E-state index is 12.2. The van der Waals surface area contributed by atoms with Crippen LogP contribution in [0.3, 0.4) is 0 Å². The molecule has 0 aliphatic heterocycles. The molecule has 0 aliphatic rings. The van der Waals surface area contributed by atoms with Gasteiger partial charge in [-0.2, -0.15) is 0 Å². The van der Waals surface area contributed by atoms with Crippen LogP contribution in [0, 0.1) is 0 Å². The van der Waals surface area contributed by atoms with E-state index in [1.54, 1.807) is 6.07 Å². The molecule has 8 heteroatoms. The lowest BCUT2D eigenvalue weighted by Gasteiger charge is -2.10. The third kappa shape index (κ3) is 3.66. The molecule has 2 aromatic carbocycles. The van der Waals surface area contributed by atoms with Crippen molar-refractivity contribution in [2.75, 3.05) is 4.72 Å². The first-order valence-corrected chi connectivity index (χ1v) is 7.91. The second-order valence-electron chi connectivity index (χ2n) is 4.12. The molecule has 0 radical (unpaired) electrons. The first-order chi connectivity index (χ1) is 9.79. The highest BCUT2D eigenvalue weighted by atomic mass is 35.5. The van der Waals surface area contributed by atoms with Gasteiger partial charge in [0, 0.05) is 10.6 Å². The van der Waals surface area contributed by atoms with Crippen molar-refractivity contribution in [1.82, 2.24) is 0 Å². The van der Waals surface area contributed by atoms with Crippen molar-refractivity contribution in [3.63, 3.8) is 0 Å². The molecule has 0 aromatic heterocycles. The van der Waals surface area contributed by atoms with Gasteiger partial charge in [-0.25, -0.2) is 8.42 Å². The number of hydrogen-bond donors (Lipinski definition) is 2. The molecule has 2 rings (SSSR count). The zero-order chi connectivity index (χ0) is 15.6. The van der Waals surface area contributed by atoms with Crippen molar-refractivity contribution in [3.8, 4) is 0 Å². The van der Waals surface area contributed by atoms with Crippen LogP contribution in [0.15, 0.2) is 47.4 Å². The summed E-state index contributed by atoms with van der Waals surface area (Å²) in [5, 5.41) is 0.431. The van der Waals surface area contributed by atoms with E-state index in [9.17, 15) is 13.2 Å². The normalized spacial score (nSPS) is 11.1. The zero-order valence-corrected chi connectivity index (χ0v) is 12.8. The molecule has 0 unspecified atom stereocenters. The van der Waals surface area contributed by atoms with Crippen LogP contribution in [0.4, 0.5) is 5.69 Å². The average Bonchev–Trinajstić information content (AvgIpc) is 2.41. The minimum Gasteiger partial charge on any atom is -0.366 e. The van der Waals surface area contributed by atoms with Gasteiger partial charge in [-0.15, -0.1) is 0 Å². The predicted molar refractivity (Wildman–Crippen MR) is 82.2 cm³/mol. The van der Waals surface area contributed by atoms with Gasteiger partial charge >= 0.3 is 0 Å². The van der Waals surface area contributed by atoms with Crippen molar-refractivity contribution >= 4 is 44.8 Å². The van der Waals surface area contributed by atoms with Crippen LogP contribution in [0.1, 0.15) is 10.4 Å². The van der Waals surface area contributed by atoms with E-state index in [0.29, 0.717) is 0 Å². The molecule has 5 nitrogen and oxygen atoms in total. The number of halogens is 2. The van der Waals surface area contributed by atoms with Crippen LogP contribution in [0.25, 0.3) is 0 Å². The number of carbonyl (C=O) groups is 1. The van der Waals surface area contributed by atoms with Crippen LogP contribution in [0.5, 0.6) is 0 Å². The van der Waals surface area contributed by atoms with Crippen LogP contribution < -0.4 is 10.5 Å². The molecule has 1 amide bonds. The third-order valence-corrected chi connectivity index (χ3v) is 4.53. The second kappa shape index (κ2) is 5.93.